The van der Waals surface area contributed by atoms with Crippen molar-refractivity contribution >= 4 is 22.1 Å². The predicted octanol–water partition coefficient (Wildman–Crippen LogP) is 1.56. The lowest BCUT2D eigenvalue weighted by atomic mass is 10.2. The van der Waals surface area contributed by atoms with Crippen LogP contribution < -0.4 is 10.2 Å². The molecule has 0 aliphatic carbocycles. The number of likely N-dealkylation sites (N-methyl/N-ethyl adjacent to an activating group) is 1. The number of hydrogen-bond acceptors (Lipinski definition) is 6. The molecule has 1 amide bonds. The quantitative estimate of drug-likeness (QED) is 0.524. The maximum atomic E-state index is 12.4. The molecule has 2 N–H and O–H groups in total. The number of carbonyl (C=O) groups is 1. The average Bonchev–Trinajstić information content (AvgIpc) is 2.65. The standard InChI is InChI=1S/C18H21N3O5S/c1-3-26-16-11-7-8-14(18(16)23)12-19-20-17(22)13-21(2)27(24,25)15-9-5-4-6-10-15/h4-12,23H,3,13H2,1-2H3,(H,20,22)/b19-12-. The van der Waals surface area contributed by atoms with Gasteiger partial charge >= 0.3 is 0 Å². The van der Waals surface area contributed by atoms with Crippen molar-refractivity contribution in [3.63, 3.8) is 0 Å². The van der Waals surface area contributed by atoms with Gasteiger partial charge in [-0.15, -0.1) is 0 Å². The van der Waals surface area contributed by atoms with Gasteiger partial charge in [0.15, 0.2) is 11.5 Å². The van der Waals surface area contributed by atoms with Gasteiger partial charge in [-0.25, -0.2) is 13.8 Å². The van der Waals surface area contributed by atoms with Gasteiger partial charge in [0.1, 0.15) is 0 Å². The van der Waals surface area contributed by atoms with Crippen molar-refractivity contribution in [2.75, 3.05) is 20.2 Å². The Morgan fingerprint density at radius 1 is 1.22 bits per heavy atom. The van der Waals surface area contributed by atoms with Crippen LogP contribution in [-0.2, 0) is 14.8 Å². The van der Waals surface area contributed by atoms with Gasteiger partial charge in [-0.2, -0.15) is 9.41 Å². The first kappa shape index (κ1) is 20.4. The van der Waals surface area contributed by atoms with E-state index in [1.807, 2.05) is 0 Å². The fourth-order valence-electron chi connectivity index (χ4n) is 2.18. The number of para-hydroxylation sites is 1. The Kier molecular flexibility index (Phi) is 6.91. The first-order valence-electron chi connectivity index (χ1n) is 8.14. The van der Waals surface area contributed by atoms with Crippen molar-refractivity contribution in [2.24, 2.45) is 5.10 Å². The second-order valence-electron chi connectivity index (χ2n) is 5.49. The molecule has 2 aromatic carbocycles. The van der Waals surface area contributed by atoms with Crippen LogP contribution in [0.2, 0.25) is 0 Å². The molecule has 0 radical (unpaired) electrons. The number of sulfonamides is 1. The maximum absolute atomic E-state index is 12.4. The van der Waals surface area contributed by atoms with E-state index in [-0.39, 0.29) is 10.6 Å². The number of amides is 1. The Labute approximate surface area is 158 Å². The zero-order valence-corrected chi connectivity index (χ0v) is 15.8. The summed E-state index contributed by atoms with van der Waals surface area (Å²) >= 11 is 0. The minimum Gasteiger partial charge on any atom is -0.504 e. The Hall–Kier alpha value is -2.91. The van der Waals surface area contributed by atoms with Crippen molar-refractivity contribution < 1.29 is 23.1 Å². The monoisotopic (exact) mass is 391 g/mol. The number of carbonyl (C=O) groups excluding carboxylic acids is 1. The van der Waals surface area contributed by atoms with Gasteiger partial charge in [-0.05, 0) is 31.2 Å². The van der Waals surface area contributed by atoms with Gasteiger partial charge in [0, 0.05) is 12.6 Å². The molecular formula is C18H21N3O5S. The van der Waals surface area contributed by atoms with E-state index in [4.69, 9.17) is 4.74 Å². The van der Waals surface area contributed by atoms with Gasteiger partial charge in [0.25, 0.3) is 5.91 Å². The summed E-state index contributed by atoms with van der Waals surface area (Å²) in [7, 11) is -2.46. The van der Waals surface area contributed by atoms with Crippen LogP contribution >= 0.6 is 0 Å². The molecule has 0 saturated carbocycles. The topological polar surface area (TPSA) is 108 Å². The van der Waals surface area contributed by atoms with Crippen LogP contribution in [0.25, 0.3) is 0 Å². The number of phenols is 1. The highest BCUT2D eigenvalue weighted by Crippen LogP contribution is 2.28. The summed E-state index contributed by atoms with van der Waals surface area (Å²) in [6.07, 6.45) is 1.25. The third-order valence-electron chi connectivity index (χ3n) is 3.54. The third kappa shape index (κ3) is 5.28. The minimum atomic E-state index is -3.77. The highest BCUT2D eigenvalue weighted by molar-refractivity contribution is 7.89. The van der Waals surface area contributed by atoms with Crippen LogP contribution in [0.1, 0.15) is 12.5 Å². The summed E-state index contributed by atoms with van der Waals surface area (Å²) in [5.41, 5.74) is 2.59. The first-order valence-corrected chi connectivity index (χ1v) is 9.58. The number of hydrazone groups is 1. The molecule has 9 heteroatoms. The van der Waals surface area contributed by atoms with Crippen LogP contribution in [0.5, 0.6) is 11.5 Å². The average molecular weight is 391 g/mol. The summed E-state index contributed by atoms with van der Waals surface area (Å²) < 4.78 is 30.9. The SMILES string of the molecule is CCOc1cccc(/C=N\NC(=O)CN(C)S(=O)(=O)c2ccccc2)c1O. The largest absolute Gasteiger partial charge is 0.504 e. The van der Waals surface area contributed by atoms with Crippen LogP contribution in [0.4, 0.5) is 0 Å². The number of benzene rings is 2. The fourth-order valence-corrected chi connectivity index (χ4v) is 3.33. The Balaban J connectivity index is 1.98. The zero-order chi connectivity index (χ0) is 19.9. The van der Waals surface area contributed by atoms with E-state index in [0.717, 1.165) is 4.31 Å². The number of nitrogens with one attached hydrogen (secondary N) is 1. The van der Waals surface area contributed by atoms with Gasteiger partial charge in [-0.1, -0.05) is 24.3 Å². The smallest absolute Gasteiger partial charge is 0.255 e. The number of hydrogen-bond donors (Lipinski definition) is 2. The summed E-state index contributed by atoms with van der Waals surface area (Å²) in [5.74, 6) is -0.406. The Bertz CT molecular complexity index is 914. The van der Waals surface area contributed by atoms with E-state index in [1.54, 1.807) is 43.3 Å². The fraction of sp³-hybridized carbons (Fsp3) is 0.222. The van der Waals surface area contributed by atoms with Gasteiger partial charge < -0.3 is 9.84 Å². The Morgan fingerprint density at radius 3 is 2.59 bits per heavy atom. The van der Waals surface area contributed by atoms with Crippen LogP contribution in [0.3, 0.4) is 0 Å². The molecule has 0 bridgehead atoms. The molecule has 0 atom stereocenters. The molecule has 27 heavy (non-hydrogen) atoms. The van der Waals surface area contributed by atoms with E-state index >= 15 is 0 Å². The molecule has 0 spiro atoms. The van der Waals surface area contributed by atoms with Gasteiger partial charge in [0.2, 0.25) is 10.0 Å². The highest BCUT2D eigenvalue weighted by Gasteiger charge is 2.22. The van der Waals surface area contributed by atoms with Crippen molar-refractivity contribution in [1.29, 1.82) is 0 Å². The molecular weight excluding hydrogens is 370 g/mol. The van der Waals surface area contributed by atoms with Crippen molar-refractivity contribution in [1.82, 2.24) is 9.73 Å². The summed E-state index contributed by atoms with van der Waals surface area (Å²) in [6.45, 7) is 1.78. The minimum absolute atomic E-state index is 0.0962. The van der Waals surface area contributed by atoms with E-state index < -0.39 is 22.5 Å². The molecule has 144 valence electrons. The van der Waals surface area contributed by atoms with E-state index in [0.29, 0.717) is 17.9 Å². The van der Waals surface area contributed by atoms with Gasteiger partial charge in [-0.3, -0.25) is 4.79 Å². The van der Waals surface area contributed by atoms with Crippen LogP contribution in [0.15, 0.2) is 58.5 Å². The molecule has 0 unspecified atom stereocenters. The summed E-state index contributed by atoms with van der Waals surface area (Å²) in [5, 5.41) is 13.8. The molecule has 0 aromatic heterocycles. The number of phenolic OH excluding ortho intramolecular Hbond substituents is 1. The van der Waals surface area contributed by atoms with Crippen LogP contribution in [0, 0.1) is 0 Å². The van der Waals surface area contributed by atoms with Crippen molar-refractivity contribution in [3.05, 3.63) is 54.1 Å². The van der Waals surface area contributed by atoms with Crippen molar-refractivity contribution in [2.45, 2.75) is 11.8 Å². The summed E-state index contributed by atoms with van der Waals surface area (Å²) in [4.78, 5) is 12.1. The molecule has 0 heterocycles. The second-order valence-corrected chi connectivity index (χ2v) is 7.54. The van der Waals surface area contributed by atoms with Gasteiger partial charge in [0.05, 0.1) is 24.3 Å². The zero-order valence-electron chi connectivity index (χ0n) is 15.0. The lowest BCUT2D eigenvalue weighted by Crippen LogP contribution is -2.36. The lowest BCUT2D eigenvalue weighted by molar-refractivity contribution is -0.121. The van der Waals surface area contributed by atoms with E-state index in [9.17, 15) is 18.3 Å². The maximum Gasteiger partial charge on any atom is 0.255 e. The van der Waals surface area contributed by atoms with E-state index in [2.05, 4.69) is 10.5 Å². The normalized spacial score (nSPS) is 11.7. The van der Waals surface area contributed by atoms with E-state index in [1.165, 1.54) is 25.4 Å². The summed E-state index contributed by atoms with van der Waals surface area (Å²) in [6, 6.07) is 12.7. The number of ether oxygens (including phenoxy) is 1. The lowest BCUT2D eigenvalue weighted by Gasteiger charge is -2.15. The molecule has 0 fully saturated rings. The second kappa shape index (κ2) is 9.15. The Morgan fingerprint density at radius 2 is 1.93 bits per heavy atom. The molecule has 0 aliphatic heterocycles. The molecule has 0 aliphatic rings. The first-order chi connectivity index (χ1) is 12.9. The van der Waals surface area contributed by atoms with Crippen molar-refractivity contribution in [3.8, 4) is 11.5 Å². The van der Waals surface area contributed by atoms with Crippen LogP contribution in [-0.4, -0.2) is 50.2 Å². The number of aromatic hydroxyl groups is 1. The molecule has 8 nitrogen and oxygen atoms in total. The molecule has 0 saturated heterocycles. The third-order valence-corrected chi connectivity index (χ3v) is 5.36. The number of nitrogens with zero attached hydrogens (tertiary/aromatic N) is 2. The number of rotatable bonds is 8. The highest BCUT2D eigenvalue weighted by atomic mass is 32.2. The molecule has 2 rings (SSSR count). The predicted molar refractivity (Wildman–Crippen MR) is 101 cm³/mol. The molecule has 2 aromatic rings.